The standard InChI is InChI=1S/C11H14O.C9H19N.C9H18O2.C7H14O2S.C7H12O.C6H12O.C5H12O2S.2C2H6.CH4/c1-11(2,3)10(12)9-7-5-4-6-8-9;1-9(2,3)10-7-5-4-6-8-10;1-8(2,3)7(10)11-9(4,5)6;1-7(2,3)10(8,9)6-4-5-6;1-5-6(8)7(2,3)4;1-5(7)6(2,3)4;1-5(2,3)8(4,6)7;2*1-2;/h4-8H,1-3H3;4-8H2,1-3H3;1-6H3;6H,4-5H2,1-3H3;5H,1H2,2-4H3;1-4H3;1-4H3;2*1-2H3;1H4. The van der Waals surface area contributed by atoms with Crippen LogP contribution in [0.2, 0.25) is 0 Å². The fourth-order valence-electron chi connectivity index (χ4n) is 4.20. The number of esters is 1. The average molecular weight is 1050 g/mol. The van der Waals surface area contributed by atoms with E-state index < -0.39 is 34.6 Å². The Morgan fingerprint density at radius 2 is 0.915 bits per heavy atom. The molecular weight excluding hydrogens is 931 g/mol. The molecule has 71 heavy (non-hydrogen) atoms. The average Bonchev–Trinajstić information content (AvgIpc) is 4.04. The van der Waals surface area contributed by atoms with Crippen molar-refractivity contribution in [3.63, 3.8) is 0 Å². The lowest BCUT2D eigenvalue weighted by molar-refractivity contribution is -0.164. The maximum atomic E-state index is 11.7. The highest BCUT2D eigenvalue weighted by molar-refractivity contribution is 7.93. The summed E-state index contributed by atoms with van der Waals surface area (Å²) in [4.78, 5) is 46.7. The number of carbonyl (C=O) groups excluding carboxylic acids is 4. The highest BCUT2D eigenvalue weighted by Crippen LogP contribution is 2.35. The Bertz CT molecular complexity index is 1830. The van der Waals surface area contributed by atoms with Gasteiger partial charge < -0.3 is 4.74 Å². The van der Waals surface area contributed by atoms with Crippen molar-refractivity contribution in [3.05, 3.63) is 48.6 Å². The molecule has 0 radical (unpaired) electrons. The molecule has 0 N–H and O–H groups in total. The lowest BCUT2D eigenvalue weighted by Crippen LogP contribution is -2.44. The second kappa shape index (κ2) is 34.7. The van der Waals surface area contributed by atoms with Gasteiger partial charge >= 0.3 is 5.97 Å². The van der Waals surface area contributed by atoms with Crippen LogP contribution in [0.1, 0.15) is 251 Å². The predicted molar refractivity (Wildman–Crippen MR) is 311 cm³/mol. The number of allylic oxidation sites excluding steroid dienone is 1. The largest absolute Gasteiger partial charge is 0.460 e. The van der Waals surface area contributed by atoms with Crippen LogP contribution in [0.25, 0.3) is 0 Å². The summed E-state index contributed by atoms with van der Waals surface area (Å²) in [5.41, 5.74) is -0.230. The second-order valence-corrected chi connectivity index (χ2v) is 31.0. The molecule has 1 aliphatic heterocycles. The first-order valence-corrected chi connectivity index (χ1v) is 28.9. The lowest BCUT2D eigenvalue weighted by Gasteiger charge is -2.38. The molecule has 2 aliphatic rings. The Kier molecular flexibility index (Phi) is 40.3. The number of piperidine rings is 1. The minimum atomic E-state index is -2.84. The van der Waals surface area contributed by atoms with E-state index in [1.54, 1.807) is 48.5 Å². The Labute approximate surface area is 442 Å². The summed E-state index contributed by atoms with van der Waals surface area (Å²) in [5, 5.41) is -0.0208. The van der Waals surface area contributed by atoms with Crippen molar-refractivity contribution in [1.29, 1.82) is 0 Å². The van der Waals surface area contributed by atoms with Crippen molar-refractivity contribution in [2.24, 2.45) is 21.7 Å². The summed E-state index contributed by atoms with van der Waals surface area (Å²) in [6.45, 7) is 61.2. The van der Waals surface area contributed by atoms with Crippen LogP contribution < -0.4 is 0 Å². The molecule has 0 bridgehead atoms. The third kappa shape index (κ3) is 43.4. The van der Waals surface area contributed by atoms with E-state index in [1.165, 1.54) is 44.7 Å². The molecule has 10 nitrogen and oxygen atoms in total. The zero-order chi connectivity index (χ0) is 57.9. The molecule has 1 saturated heterocycles. The van der Waals surface area contributed by atoms with E-state index in [2.05, 4.69) is 32.3 Å². The van der Waals surface area contributed by atoms with E-state index in [4.69, 9.17) is 4.74 Å². The molecule has 1 aromatic rings. The Hall–Kier alpha value is -2.70. The zero-order valence-electron chi connectivity index (χ0n) is 51.1. The number of ketones is 3. The van der Waals surface area contributed by atoms with E-state index in [9.17, 15) is 36.0 Å². The van der Waals surface area contributed by atoms with Gasteiger partial charge in [-0.25, -0.2) is 16.8 Å². The zero-order valence-corrected chi connectivity index (χ0v) is 52.8. The van der Waals surface area contributed by atoms with E-state index in [0.717, 1.165) is 18.4 Å². The molecule has 2 fully saturated rings. The number of Topliss-reactive ketones (excluding diaryl/α,β-unsaturated/α-hetero) is 2. The Morgan fingerprint density at radius 3 is 1.06 bits per heavy atom. The van der Waals surface area contributed by atoms with Gasteiger partial charge in [0.1, 0.15) is 11.4 Å². The number of benzene rings is 1. The first-order valence-electron chi connectivity index (χ1n) is 25.5. The van der Waals surface area contributed by atoms with Crippen LogP contribution >= 0.6 is 0 Å². The third-order valence-corrected chi connectivity index (χ3v) is 15.2. The number of hydrogen-bond acceptors (Lipinski definition) is 10. The summed E-state index contributed by atoms with van der Waals surface area (Å²) in [5.74, 6) is 0.387. The first kappa shape index (κ1) is 82.3. The molecule has 0 atom stereocenters. The minimum Gasteiger partial charge on any atom is -0.460 e. The van der Waals surface area contributed by atoms with Crippen molar-refractivity contribution in [1.82, 2.24) is 4.90 Å². The van der Waals surface area contributed by atoms with E-state index in [0.29, 0.717) is 5.54 Å². The maximum absolute atomic E-state index is 11.7. The second-order valence-electron chi connectivity index (χ2n) is 25.3. The van der Waals surface area contributed by atoms with Crippen LogP contribution in [0.3, 0.4) is 0 Å². The summed E-state index contributed by atoms with van der Waals surface area (Å²) >= 11 is 0. The normalized spacial score (nSPS) is 14.2. The molecule has 0 aromatic heterocycles. The Balaban J connectivity index is -0.000000133. The summed E-state index contributed by atoms with van der Waals surface area (Å²) in [7, 11) is -5.64. The number of nitrogens with zero attached hydrogens (tertiary/aromatic N) is 1. The number of ether oxygens (including phenoxy) is 1. The van der Waals surface area contributed by atoms with Gasteiger partial charge in [0, 0.05) is 33.6 Å². The maximum Gasteiger partial charge on any atom is 0.311 e. The van der Waals surface area contributed by atoms with Crippen LogP contribution in [-0.2, 0) is 38.8 Å². The minimum absolute atomic E-state index is 0. The summed E-state index contributed by atoms with van der Waals surface area (Å²) < 4.78 is 48.2. The molecule has 1 saturated carbocycles. The molecule has 1 heterocycles. The van der Waals surface area contributed by atoms with E-state index >= 15 is 0 Å². The smallest absolute Gasteiger partial charge is 0.311 e. The van der Waals surface area contributed by atoms with Crippen LogP contribution in [0.4, 0.5) is 0 Å². The highest BCUT2D eigenvalue weighted by atomic mass is 32.2. The number of hydrogen-bond donors (Lipinski definition) is 0. The first-order chi connectivity index (χ1) is 30.8. The van der Waals surface area contributed by atoms with Crippen molar-refractivity contribution >= 4 is 43.0 Å². The van der Waals surface area contributed by atoms with Gasteiger partial charge in [0.25, 0.3) is 0 Å². The van der Waals surface area contributed by atoms with Crippen molar-refractivity contribution in [2.45, 2.75) is 266 Å². The Morgan fingerprint density at radius 1 is 0.577 bits per heavy atom. The molecule has 3 rings (SSSR count). The molecule has 0 unspecified atom stereocenters. The molecule has 424 valence electrons. The van der Waals surface area contributed by atoms with Gasteiger partial charge in [0.15, 0.2) is 31.2 Å². The van der Waals surface area contributed by atoms with Gasteiger partial charge in [-0.05, 0) is 156 Å². The van der Waals surface area contributed by atoms with Crippen molar-refractivity contribution in [3.8, 4) is 0 Å². The van der Waals surface area contributed by atoms with Crippen LogP contribution in [0, 0.1) is 21.7 Å². The van der Waals surface area contributed by atoms with Crippen LogP contribution in [0.15, 0.2) is 43.0 Å². The molecule has 1 aliphatic carbocycles. The number of likely N-dealkylation sites (tertiary alicyclic amines) is 1. The fraction of sp³-hybridized carbons (Fsp3) is 0.797. The van der Waals surface area contributed by atoms with E-state index in [-0.39, 0.29) is 57.8 Å². The topological polar surface area (TPSA) is 149 Å². The molecule has 0 amide bonds. The molecular formula is C59H117NO9S2. The van der Waals surface area contributed by atoms with Gasteiger partial charge in [-0.15, -0.1) is 0 Å². The van der Waals surface area contributed by atoms with Gasteiger partial charge in [-0.3, -0.25) is 24.1 Å². The highest BCUT2D eigenvalue weighted by Gasteiger charge is 2.43. The van der Waals surface area contributed by atoms with Gasteiger partial charge in [0.05, 0.1) is 20.2 Å². The summed E-state index contributed by atoms with van der Waals surface area (Å²) in [6.07, 6.45) is 8.59. The van der Waals surface area contributed by atoms with Crippen LogP contribution in [0.5, 0.6) is 0 Å². The van der Waals surface area contributed by atoms with Gasteiger partial charge in [0.2, 0.25) is 0 Å². The summed E-state index contributed by atoms with van der Waals surface area (Å²) in [6, 6.07) is 9.40. The fourth-order valence-corrected chi connectivity index (χ4v) is 5.96. The van der Waals surface area contributed by atoms with Gasteiger partial charge in [-0.2, -0.15) is 0 Å². The quantitative estimate of drug-likeness (QED) is 0.163. The van der Waals surface area contributed by atoms with Gasteiger partial charge in [-0.1, -0.05) is 141 Å². The van der Waals surface area contributed by atoms with Crippen LogP contribution in [-0.4, -0.2) is 90.3 Å². The molecule has 0 spiro atoms. The monoisotopic (exact) mass is 1050 g/mol. The molecule has 1 aromatic carbocycles. The number of carbonyl (C=O) groups is 4. The number of sulfone groups is 2. The predicted octanol–water partition coefficient (Wildman–Crippen LogP) is 15.8. The number of rotatable bonds is 3. The van der Waals surface area contributed by atoms with Crippen molar-refractivity contribution in [2.75, 3.05) is 19.3 Å². The third-order valence-electron chi connectivity index (χ3n) is 9.94. The SMILES string of the molecule is C.C=CC(=O)C(C)(C)C.CC.CC.CC(=O)C(C)(C)C.CC(C)(C)C(=O)c1ccccc1.CC(C)(C)N1CCCCC1.CC(C)(C)OC(=O)C(C)(C)C.CC(C)(C)S(=O)(=O)C1CC1.CC(C)(C)S(C)(=O)=O. The van der Waals surface area contributed by atoms with E-state index in [1.807, 2.05) is 162 Å². The van der Waals surface area contributed by atoms with Crippen molar-refractivity contribution < 1.29 is 40.8 Å². The molecule has 12 heteroatoms. The lowest BCUT2D eigenvalue weighted by atomic mass is 9.87.